The third kappa shape index (κ3) is 2.40. The molecule has 1 atom stereocenters. The van der Waals surface area contributed by atoms with Crippen LogP contribution in [0.4, 0.5) is 5.82 Å². The molecule has 0 aliphatic carbocycles. The highest BCUT2D eigenvalue weighted by molar-refractivity contribution is 8.00. The van der Waals surface area contributed by atoms with Crippen molar-refractivity contribution in [2.75, 3.05) is 17.6 Å². The van der Waals surface area contributed by atoms with Crippen LogP contribution in [0.15, 0.2) is 17.2 Å². The van der Waals surface area contributed by atoms with E-state index in [2.05, 4.69) is 17.2 Å². The van der Waals surface area contributed by atoms with Crippen LogP contribution < -0.4 is 10.9 Å². The highest BCUT2D eigenvalue weighted by Crippen LogP contribution is 2.37. The summed E-state index contributed by atoms with van der Waals surface area (Å²) >= 11 is 1.97. The summed E-state index contributed by atoms with van der Waals surface area (Å²) in [6.07, 6.45) is 5.79. The zero-order valence-electron chi connectivity index (χ0n) is 9.69. The molecule has 1 aliphatic rings. The summed E-state index contributed by atoms with van der Waals surface area (Å²) in [5.74, 6) is 1.68. The lowest BCUT2D eigenvalue weighted by Crippen LogP contribution is -2.31. The minimum absolute atomic E-state index is 0.0610. The summed E-state index contributed by atoms with van der Waals surface area (Å²) in [5.41, 5.74) is -0.0610. The maximum atomic E-state index is 11.7. The number of hydrogen-bond acceptors (Lipinski definition) is 4. The van der Waals surface area contributed by atoms with Gasteiger partial charge in [-0.15, -0.1) is 0 Å². The fourth-order valence-corrected chi connectivity index (χ4v) is 3.11. The van der Waals surface area contributed by atoms with Gasteiger partial charge in [0, 0.05) is 30.7 Å². The molecule has 4 nitrogen and oxygen atoms in total. The molecule has 2 rings (SSSR count). The molecule has 1 aromatic rings. The summed E-state index contributed by atoms with van der Waals surface area (Å²) in [7, 11) is 1.74. The molecule has 5 heteroatoms. The number of rotatable bonds is 3. The van der Waals surface area contributed by atoms with E-state index in [9.17, 15) is 4.79 Å². The molecule has 0 aromatic carbocycles. The molecule has 16 heavy (non-hydrogen) atoms. The number of hydrogen-bond donors (Lipinski definition) is 1. The standard InChI is InChI=1S/C11H17N3OS/c1-11(4-3-7-16-11)8-13-9-10(15)14(2)6-5-12-9/h5-6H,3-4,7-8H2,1-2H3,(H,12,13). The Kier molecular flexibility index (Phi) is 3.23. The van der Waals surface area contributed by atoms with Crippen LogP contribution in [0.3, 0.4) is 0 Å². The highest BCUT2D eigenvalue weighted by Gasteiger charge is 2.29. The van der Waals surface area contributed by atoms with E-state index in [1.807, 2.05) is 11.8 Å². The molecule has 0 amide bonds. The van der Waals surface area contributed by atoms with E-state index < -0.39 is 0 Å². The molecule has 0 spiro atoms. The molecule has 1 fully saturated rings. The van der Waals surface area contributed by atoms with Crippen molar-refractivity contribution < 1.29 is 0 Å². The van der Waals surface area contributed by atoms with Crippen molar-refractivity contribution >= 4 is 17.6 Å². The van der Waals surface area contributed by atoms with Gasteiger partial charge in [0.25, 0.3) is 5.56 Å². The van der Waals surface area contributed by atoms with Crippen molar-refractivity contribution in [1.29, 1.82) is 0 Å². The van der Waals surface area contributed by atoms with Crippen LogP contribution in [0.25, 0.3) is 0 Å². The van der Waals surface area contributed by atoms with E-state index in [0.29, 0.717) is 5.82 Å². The van der Waals surface area contributed by atoms with E-state index in [4.69, 9.17) is 0 Å². The molecule has 1 aliphatic heterocycles. The van der Waals surface area contributed by atoms with Gasteiger partial charge in [-0.3, -0.25) is 4.79 Å². The Hall–Kier alpha value is -0.970. The first kappa shape index (κ1) is 11.5. The maximum absolute atomic E-state index is 11.7. The van der Waals surface area contributed by atoms with Gasteiger partial charge in [0.15, 0.2) is 5.82 Å². The molecule has 1 unspecified atom stereocenters. The molecular weight excluding hydrogens is 222 g/mol. The van der Waals surface area contributed by atoms with Gasteiger partial charge in [0.05, 0.1) is 0 Å². The van der Waals surface area contributed by atoms with Crippen LogP contribution >= 0.6 is 11.8 Å². The Morgan fingerprint density at radius 1 is 1.69 bits per heavy atom. The van der Waals surface area contributed by atoms with Gasteiger partial charge in [-0.25, -0.2) is 4.98 Å². The average Bonchev–Trinajstić information content (AvgIpc) is 2.68. The zero-order chi connectivity index (χ0) is 11.6. The second kappa shape index (κ2) is 4.49. The summed E-state index contributed by atoms with van der Waals surface area (Å²) in [4.78, 5) is 15.8. The summed E-state index contributed by atoms with van der Waals surface area (Å²) in [5, 5.41) is 3.17. The van der Waals surface area contributed by atoms with E-state index in [-0.39, 0.29) is 10.3 Å². The van der Waals surface area contributed by atoms with Crippen LogP contribution in [-0.2, 0) is 7.05 Å². The third-order valence-electron chi connectivity index (χ3n) is 2.95. The predicted octanol–water partition coefficient (Wildman–Crippen LogP) is 1.48. The SMILES string of the molecule is Cn1ccnc(NCC2(C)CCCS2)c1=O. The van der Waals surface area contributed by atoms with Crippen LogP contribution in [-0.4, -0.2) is 26.6 Å². The normalized spacial score (nSPS) is 24.6. The van der Waals surface area contributed by atoms with Gasteiger partial charge >= 0.3 is 0 Å². The zero-order valence-corrected chi connectivity index (χ0v) is 10.5. The second-order valence-electron chi connectivity index (χ2n) is 4.45. The predicted molar refractivity (Wildman–Crippen MR) is 68.1 cm³/mol. The van der Waals surface area contributed by atoms with Gasteiger partial charge < -0.3 is 9.88 Å². The van der Waals surface area contributed by atoms with E-state index >= 15 is 0 Å². The van der Waals surface area contributed by atoms with Crippen molar-refractivity contribution in [3.63, 3.8) is 0 Å². The van der Waals surface area contributed by atoms with Crippen molar-refractivity contribution in [3.05, 3.63) is 22.7 Å². The topological polar surface area (TPSA) is 46.9 Å². The number of nitrogens with one attached hydrogen (secondary N) is 1. The molecule has 1 saturated heterocycles. The lowest BCUT2D eigenvalue weighted by Gasteiger charge is -2.22. The summed E-state index contributed by atoms with van der Waals surface area (Å²) in [6, 6.07) is 0. The monoisotopic (exact) mass is 239 g/mol. The van der Waals surface area contributed by atoms with Gasteiger partial charge in [0.2, 0.25) is 0 Å². The molecule has 1 aromatic heterocycles. The molecule has 0 bridgehead atoms. The minimum atomic E-state index is -0.0610. The number of aromatic nitrogens is 2. The first-order valence-electron chi connectivity index (χ1n) is 5.50. The largest absolute Gasteiger partial charge is 0.364 e. The Morgan fingerprint density at radius 3 is 3.19 bits per heavy atom. The van der Waals surface area contributed by atoms with Gasteiger partial charge in [-0.1, -0.05) is 0 Å². The first-order chi connectivity index (χ1) is 7.61. The van der Waals surface area contributed by atoms with Crippen LogP contribution in [0, 0.1) is 0 Å². The van der Waals surface area contributed by atoms with Crippen LogP contribution in [0.2, 0.25) is 0 Å². The average molecular weight is 239 g/mol. The highest BCUT2D eigenvalue weighted by atomic mass is 32.2. The smallest absolute Gasteiger partial charge is 0.293 e. The Labute approximate surface area is 99.5 Å². The fraction of sp³-hybridized carbons (Fsp3) is 0.636. The number of anilines is 1. The van der Waals surface area contributed by atoms with E-state index in [1.54, 1.807) is 24.0 Å². The lowest BCUT2D eigenvalue weighted by molar-refractivity contribution is 0.632. The molecular formula is C11H17N3OS. The molecule has 0 saturated carbocycles. The molecule has 88 valence electrons. The van der Waals surface area contributed by atoms with Gasteiger partial charge in [-0.05, 0) is 25.5 Å². The van der Waals surface area contributed by atoms with Crippen molar-refractivity contribution in [2.24, 2.45) is 7.05 Å². The van der Waals surface area contributed by atoms with Crippen LogP contribution in [0.1, 0.15) is 19.8 Å². The molecule has 2 heterocycles. The minimum Gasteiger partial charge on any atom is -0.364 e. The van der Waals surface area contributed by atoms with Crippen molar-refractivity contribution in [3.8, 4) is 0 Å². The Balaban J connectivity index is 2.05. The van der Waals surface area contributed by atoms with E-state index in [0.717, 1.165) is 6.54 Å². The third-order valence-corrected chi connectivity index (χ3v) is 4.49. The van der Waals surface area contributed by atoms with E-state index in [1.165, 1.54) is 18.6 Å². The van der Waals surface area contributed by atoms with Crippen molar-refractivity contribution in [1.82, 2.24) is 9.55 Å². The number of aryl methyl sites for hydroxylation is 1. The summed E-state index contributed by atoms with van der Waals surface area (Å²) < 4.78 is 1.79. The summed E-state index contributed by atoms with van der Waals surface area (Å²) in [6.45, 7) is 3.05. The first-order valence-corrected chi connectivity index (χ1v) is 6.49. The number of thioether (sulfide) groups is 1. The maximum Gasteiger partial charge on any atom is 0.293 e. The second-order valence-corrected chi connectivity index (χ2v) is 6.13. The van der Waals surface area contributed by atoms with Gasteiger partial charge in [0.1, 0.15) is 0 Å². The Bertz CT molecular complexity index is 423. The Morgan fingerprint density at radius 2 is 2.50 bits per heavy atom. The lowest BCUT2D eigenvalue weighted by atomic mass is 10.1. The van der Waals surface area contributed by atoms with Crippen molar-refractivity contribution in [2.45, 2.75) is 24.5 Å². The number of nitrogens with zero attached hydrogens (tertiary/aromatic N) is 2. The van der Waals surface area contributed by atoms with Crippen LogP contribution in [0.5, 0.6) is 0 Å². The molecule has 0 radical (unpaired) electrons. The molecule has 1 N–H and O–H groups in total. The van der Waals surface area contributed by atoms with Gasteiger partial charge in [-0.2, -0.15) is 11.8 Å². The quantitative estimate of drug-likeness (QED) is 0.868. The fourth-order valence-electron chi connectivity index (χ4n) is 1.87.